The molecule has 0 spiro atoms. The fourth-order valence-corrected chi connectivity index (χ4v) is 6.46. The number of hydrogen-bond donors (Lipinski definition) is 1. The van der Waals surface area contributed by atoms with Gasteiger partial charge in [-0.2, -0.15) is 0 Å². The lowest BCUT2D eigenvalue weighted by molar-refractivity contribution is -0.146. The molecule has 0 radical (unpaired) electrons. The Hall–Kier alpha value is -2.88. The van der Waals surface area contributed by atoms with Gasteiger partial charge in [0.15, 0.2) is 9.84 Å². The van der Waals surface area contributed by atoms with Crippen molar-refractivity contribution in [3.63, 3.8) is 0 Å². The molecule has 0 aliphatic carbocycles. The Morgan fingerprint density at radius 2 is 1.68 bits per heavy atom. The van der Waals surface area contributed by atoms with E-state index in [0.29, 0.717) is 22.1 Å². The highest BCUT2D eigenvalue weighted by Gasteiger charge is 2.34. The van der Waals surface area contributed by atoms with E-state index in [0.717, 1.165) is 15.6 Å². The van der Waals surface area contributed by atoms with E-state index in [4.69, 9.17) is 16.3 Å². The average molecular weight is 620 g/mol. The largest absolute Gasteiger partial charge is 0.457 e. The van der Waals surface area contributed by atoms with Crippen molar-refractivity contribution in [3.8, 4) is 11.5 Å². The van der Waals surface area contributed by atoms with Crippen LogP contribution in [0.1, 0.15) is 29.5 Å². The molecule has 3 aromatic carbocycles. The van der Waals surface area contributed by atoms with Gasteiger partial charge in [-0.05, 0) is 92.4 Å². The second-order valence-corrected chi connectivity index (χ2v) is 12.9. The standard InChI is InChI=1S/C28H28BrClN2O5S/c1-18-3-7-23(15-19(18)2)37-26-10-6-22(30)16-20(26)17-31-27(33)28(34)32-13-11-25(12-14-32)38(35,36)24-8-4-21(29)5-9-24/h3-10,15-16,25H,11-14,17H2,1-2H3,(H,31,33). The predicted molar refractivity (Wildman–Crippen MR) is 150 cm³/mol. The van der Waals surface area contributed by atoms with Gasteiger partial charge in [-0.15, -0.1) is 0 Å². The molecule has 0 aromatic heterocycles. The highest BCUT2D eigenvalue weighted by Crippen LogP contribution is 2.29. The number of sulfone groups is 1. The average Bonchev–Trinajstić information content (AvgIpc) is 2.90. The summed E-state index contributed by atoms with van der Waals surface area (Å²) in [5.41, 5.74) is 2.86. The van der Waals surface area contributed by atoms with Crippen molar-refractivity contribution in [2.24, 2.45) is 0 Å². The first kappa shape index (κ1) is 28.1. The Bertz CT molecular complexity index is 1450. The van der Waals surface area contributed by atoms with Gasteiger partial charge in [0, 0.05) is 34.7 Å². The zero-order chi connectivity index (χ0) is 27.4. The minimum atomic E-state index is -3.52. The van der Waals surface area contributed by atoms with Crippen molar-refractivity contribution < 1.29 is 22.7 Å². The SMILES string of the molecule is Cc1ccc(Oc2ccc(Cl)cc2CNC(=O)C(=O)N2CCC(S(=O)(=O)c3ccc(Br)cc3)CC2)cc1C. The zero-order valence-electron chi connectivity index (χ0n) is 21.0. The molecule has 3 aromatic rings. The van der Waals surface area contributed by atoms with E-state index in [2.05, 4.69) is 21.2 Å². The normalized spacial score (nSPS) is 14.3. The van der Waals surface area contributed by atoms with Gasteiger partial charge in [-0.25, -0.2) is 8.42 Å². The topological polar surface area (TPSA) is 92.8 Å². The van der Waals surface area contributed by atoms with Crippen molar-refractivity contribution >= 4 is 49.2 Å². The van der Waals surface area contributed by atoms with Crippen LogP contribution in [-0.4, -0.2) is 43.5 Å². The number of ether oxygens (including phenoxy) is 1. The van der Waals surface area contributed by atoms with E-state index in [9.17, 15) is 18.0 Å². The van der Waals surface area contributed by atoms with Crippen molar-refractivity contribution in [1.82, 2.24) is 10.2 Å². The molecule has 1 heterocycles. The molecular weight excluding hydrogens is 592 g/mol. The molecular formula is C28H28BrClN2O5S. The van der Waals surface area contributed by atoms with Crippen molar-refractivity contribution in [1.29, 1.82) is 0 Å². The third-order valence-electron chi connectivity index (χ3n) is 6.67. The summed E-state index contributed by atoms with van der Waals surface area (Å²) in [6.07, 6.45) is 0.527. The van der Waals surface area contributed by atoms with Crippen LogP contribution in [0.15, 0.2) is 70.0 Å². The summed E-state index contributed by atoms with van der Waals surface area (Å²) in [6, 6.07) is 17.4. The molecule has 4 rings (SSSR count). The molecule has 2 amide bonds. The van der Waals surface area contributed by atoms with E-state index in [1.54, 1.807) is 42.5 Å². The molecule has 1 aliphatic rings. The van der Waals surface area contributed by atoms with Crippen molar-refractivity contribution in [2.75, 3.05) is 13.1 Å². The Balaban J connectivity index is 1.35. The number of amides is 2. The summed E-state index contributed by atoms with van der Waals surface area (Å²) in [5.74, 6) is -0.288. The molecule has 1 N–H and O–H groups in total. The molecule has 0 bridgehead atoms. The Kier molecular flexibility index (Phi) is 8.80. The maximum atomic E-state index is 13.0. The van der Waals surface area contributed by atoms with Crippen LogP contribution in [0.2, 0.25) is 5.02 Å². The van der Waals surface area contributed by atoms with E-state index < -0.39 is 26.9 Å². The molecule has 1 aliphatic heterocycles. The highest BCUT2D eigenvalue weighted by atomic mass is 79.9. The molecule has 7 nitrogen and oxygen atoms in total. The third kappa shape index (κ3) is 6.57. The van der Waals surface area contributed by atoms with Gasteiger partial charge in [0.2, 0.25) is 0 Å². The van der Waals surface area contributed by atoms with Crippen LogP contribution >= 0.6 is 27.5 Å². The van der Waals surface area contributed by atoms with Gasteiger partial charge in [0.25, 0.3) is 0 Å². The monoisotopic (exact) mass is 618 g/mol. The van der Waals surface area contributed by atoms with Crippen LogP contribution in [0.4, 0.5) is 0 Å². The second-order valence-electron chi connectivity index (χ2n) is 9.27. The number of nitrogens with zero attached hydrogens (tertiary/aromatic N) is 1. The molecule has 1 saturated heterocycles. The maximum absolute atomic E-state index is 13.0. The Morgan fingerprint density at radius 1 is 1.00 bits per heavy atom. The van der Waals surface area contributed by atoms with Crippen LogP contribution in [-0.2, 0) is 26.0 Å². The lowest BCUT2D eigenvalue weighted by Crippen LogP contribution is -2.48. The fourth-order valence-electron chi connectivity index (χ4n) is 4.27. The number of nitrogens with one attached hydrogen (secondary N) is 1. The minimum absolute atomic E-state index is 0.0414. The molecule has 1 fully saturated rings. The summed E-state index contributed by atoms with van der Waals surface area (Å²) < 4.78 is 32.8. The smallest absolute Gasteiger partial charge is 0.311 e. The number of carbonyl (C=O) groups is 2. The lowest BCUT2D eigenvalue weighted by atomic mass is 10.1. The second kappa shape index (κ2) is 11.9. The summed E-state index contributed by atoms with van der Waals surface area (Å²) in [6.45, 7) is 4.43. The number of piperidine rings is 1. The predicted octanol–water partition coefficient (Wildman–Crippen LogP) is 5.59. The van der Waals surface area contributed by atoms with Crippen LogP contribution in [0, 0.1) is 13.8 Å². The quantitative estimate of drug-likeness (QED) is 0.363. The third-order valence-corrected chi connectivity index (χ3v) is 9.71. The van der Waals surface area contributed by atoms with Crippen LogP contribution in [0.3, 0.4) is 0 Å². The minimum Gasteiger partial charge on any atom is -0.457 e. The first-order valence-electron chi connectivity index (χ1n) is 12.1. The van der Waals surface area contributed by atoms with Crippen molar-refractivity contribution in [3.05, 3.63) is 86.8 Å². The molecule has 0 unspecified atom stereocenters. The van der Waals surface area contributed by atoms with E-state index in [-0.39, 0.29) is 37.4 Å². The number of aryl methyl sites for hydroxylation is 2. The number of halogens is 2. The summed E-state index contributed by atoms with van der Waals surface area (Å²) in [5, 5.41) is 2.52. The molecule has 10 heteroatoms. The Morgan fingerprint density at radius 3 is 2.34 bits per heavy atom. The van der Waals surface area contributed by atoms with E-state index >= 15 is 0 Å². The van der Waals surface area contributed by atoms with Gasteiger partial charge in [-0.1, -0.05) is 33.6 Å². The fraction of sp³-hybridized carbons (Fsp3) is 0.286. The number of carbonyl (C=O) groups excluding carboxylic acids is 2. The zero-order valence-corrected chi connectivity index (χ0v) is 24.2. The van der Waals surface area contributed by atoms with Gasteiger partial charge in [0.1, 0.15) is 11.5 Å². The van der Waals surface area contributed by atoms with Gasteiger partial charge < -0.3 is 15.0 Å². The van der Waals surface area contributed by atoms with Crippen molar-refractivity contribution in [2.45, 2.75) is 43.4 Å². The van der Waals surface area contributed by atoms with Gasteiger partial charge in [-0.3, -0.25) is 9.59 Å². The Labute approximate surface area is 236 Å². The van der Waals surface area contributed by atoms with Crippen LogP contribution in [0.25, 0.3) is 0 Å². The number of benzene rings is 3. The molecule has 0 atom stereocenters. The number of hydrogen-bond acceptors (Lipinski definition) is 5. The van der Waals surface area contributed by atoms with Crippen LogP contribution in [0.5, 0.6) is 11.5 Å². The first-order valence-corrected chi connectivity index (χ1v) is 14.9. The lowest BCUT2D eigenvalue weighted by Gasteiger charge is -2.31. The summed E-state index contributed by atoms with van der Waals surface area (Å²) in [4.78, 5) is 27.1. The molecule has 38 heavy (non-hydrogen) atoms. The number of likely N-dealkylation sites (tertiary alicyclic amines) is 1. The van der Waals surface area contributed by atoms with Crippen LogP contribution < -0.4 is 10.1 Å². The highest BCUT2D eigenvalue weighted by molar-refractivity contribution is 9.10. The maximum Gasteiger partial charge on any atom is 0.311 e. The van der Waals surface area contributed by atoms with E-state index in [1.165, 1.54) is 4.90 Å². The molecule has 200 valence electrons. The summed E-state index contributed by atoms with van der Waals surface area (Å²) >= 11 is 9.48. The first-order chi connectivity index (χ1) is 18.0. The van der Waals surface area contributed by atoms with Gasteiger partial charge in [0.05, 0.1) is 10.1 Å². The number of rotatable bonds is 6. The summed E-state index contributed by atoms with van der Waals surface area (Å²) in [7, 11) is -3.52. The molecule has 0 saturated carbocycles. The van der Waals surface area contributed by atoms with Gasteiger partial charge >= 0.3 is 11.8 Å². The van der Waals surface area contributed by atoms with E-state index in [1.807, 2.05) is 32.0 Å².